The zero-order valence-electron chi connectivity index (χ0n) is 20.5. The minimum atomic E-state index is -1.16. The molecule has 0 heterocycles. The second kappa shape index (κ2) is 8.27. The lowest BCUT2D eigenvalue weighted by Crippen LogP contribution is -2.55. The maximum Gasteiger partial charge on any atom is 0.181 e. The highest BCUT2D eigenvalue weighted by atomic mass is 16.3. The molecule has 1 saturated carbocycles. The number of likely N-dealkylation sites (N-methyl/N-ethyl adjacent to an activating group) is 1. The van der Waals surface area contributed by atoms with Crippen LogP contribution in [-0.2, 0) is 27.2 Å². The molecule has 4 atom stereocenters. The van der Waals surface area contributed by atoms with Crippen molar-refractivity contribution in [2.45, 2.75) is 39.2 Å². The van der Waals surface area contributed by atoms with Crippen molar-refractivity contribution >= 4 is 28.8 Å². The van der Waals surface area contributed by atoms with E-state index in [0.717, 1.165) is 11.3 Å². The van der Waals surface area contributed by atoms with Crippen LogP contribution in [0.4, 0.5) is 5.69 Å². The molecule has 3 aliphatic rings. The van der Waals surface area contributed by atoms with E-state index in [0.29, 0.717) is 24.8 Å². The third kappa shape index (κ3) is 3.27. The number of anilines is 1. The predicted molar refractivity (Wildman–Crippen MR) is 128 cm³/mol. The SMILES string of the molecule is CCc1cc(N(C)C)c2c(c1O)C(O)=C1C(=O)C3C(=O)C(C(C)=O)=C(O)[C@@H](N(C)C)[C@@H]3C[C@@H]1C2. The first kappa shape index (κ1) is 24.0. The highest BCUT2D eigenvalue weighted by Gasteiger charge is 2.55. The van der Waals surface area contributed by atoms with E-state index in [2.05, 4.69) is 0 Å². The van der Waals surface area contributed by atoms with Crippen molar-refractivity contribution in [2.75, 3.05) is 33.1 Å². The van der Waals surface area contributed by atoms with E-state index < -0.39 is 35.2 Å². The number of aliphatic hydroxyl groups is 2. The summed E-state index contributed by atoms with van der Waals surface area (Å²) in [5.41, 5.74) is 2.31. The van der Waals surface area contributed by atoms with Crippen LogP contribution in [0, 0.1) is 17.8 Å². The molecule has 0 amide bonds. The van der Waals surface area contributed by atoms with Gasteiger partial charge in [0.1, 0.15) is 22.8 Å². The van der Waals surface area contributed by atoms with Gasteiger partial charge < -0.3 is 20.2 Å². The molecule has 4 rings (SSSR count). The van der Waals surface area contributed by atoms with Gasteiger partial charge in [-0.3, -0.25) is 19.3 Å². The Morgan fingerprint density at radius 2 is 1.74 bits per heavy atom. The van der Waals surface area contributed by atoms with Crippen molar-refractivity contribution in [3.8, 4) is 5.75 Å². The van der Waals surface area contributed by atoms with E-state index in [9.17, 15) is 29.7 Å². The molecule has 0 bridgehead atoms. The monoisotopic (exact) mass is 468 g/mol. The fourth-order valence-electron chi connectivity index (χ4n) is 6.14. The number of hydrogen-bond donors (Lipinski definition) is 3. The van der Waals surface area contributed by atoms with Gasteiger partial charge in [-0.2, -0.15) is 0 Å². The molecule has 3 N–H and O–H groups in total. The molecule has 1 aromatic carbocycles. The fourth-order valence-corrected chi connectivity index (χ4v) is 6.14. The molecular weight excluding hydrogens is 436 g/mol. The summed E-state index contributed by atoms with van der Waals surface area (Å²) in [6, 6.07) is 1.24. The number of hydrogen-bond acceptors (Lipinski definition) is 8. The smallest absolute Gasteiger partial charge is 0.181 e. The molecule has 0 spiro atoms. The second-order valence-corrected chi connectivity index (χ2v) is 10.00. The molecular formula is C26H32N2O6. The lowest BCUT2D eigenvalue weighted by atomic mass is 9.59. The number of nitrogens with zero attached hydrogens (tertiary/aromatic N) is 2. The van der Waals surface area contributed by atoms with Crippen molar-refractivity contribution in [2.24, 2.45) is 17.8 Å². The van der Waals surface area contributed by atoms with Gasteiger partial charge >= 0.3 is 0 Å². The molecule has 1 unspecified atom stereocenters. The van der Waals surface area contributed by atoms with E-state index in [4.69, 9.17) is 0 Å². The Labute approximate surface area is 199 Å². The highest BCUT2D eigenvalue weighted by Crippen LogP contribution is 2.52. The number of phenols is 1. The third-order valence-electron chi connectivity index (χ3n) is 7.59. The average Bonchev–Trinajstić information content (AvgIpc) is 2.72. The van der Waals surface area contributed by atoms with Crippen LogP contribution in [0.1, 0.15) is 37.0 Å². The van der Waals surface area contributed by atoms with Crippen LogP contribution < -0.4 is 4.90 Å². The highest BCUT2D eigenvalue weighted by molar-refractivity contribution is 6.28. The Morgan fingerprint density at radius 1 is 1.09 bits per heavy atom. The number of allylic oxidation sites excluding steroid dienone is 2. The number of aryl methyl sites for hydroxylation is 1. The van der Waals surface area contributed by atoms with Gasteiger partial charge in [0.05, 0.1) is 17.5 Å². The van der Waals surface area contributed by atoms with Gasteiger partial charge in [0, 0.05) is 25.4 Å². The van der Waals surface area contributed by atoms with Gasteiger partial charge in [-0.15, -0.1) is 0 Å². The number of fused-ring (bicyclic) bond motifs is 3. The summed E-state index contributed by atoms with van der Waals surface area (Å²) in [7, 11) is 7.25. The van der Waals surface area contributed by atoms with Crippen LogP contribution in [0.2, 0.25) is 0 Å². The van der Waals surface area contributed by atoms with Gasteiger partial charge in [0.2, 0.25) is 0 Å². The predicted octanol–water partition coefficient (Wildman–Crippen LogP) is 2.58. The number of ketones is 3. The molecule has 1 fully saturated rings. The van der Waals surface area contributed by atoms with Crippen molar-refractivity contribution < 1.29 is 29.7 Å². The number of phenolic OH excluding ortho intramolecular Hbond substituents is 1. The number of rotatable bonds is 4. The number of benzene rings is 1. The zero-order valence-corrected chi connectivity index (χ0v) is 20.5. The first-order valence-electron chi connectivity index (χ1n) is 11.6. The molecule has 0 radical (unpaired) electrons. The summed E-state index contributed by atoms with van der Waals surface area (Å²) in [4.78, 5) is 43.0. The molecule has 0 aliphatic heterocycles. The molecule has 0 aromatic heterocycles. The van der Waals surface area contributed by atoms with Crippen LogP contribution >= 0.6 is 0 Å². The Bertz CT molecular complexity index is 1180. The largest absolute Gasteiger partial charge is 0.510 e. The molecule has 0 saturated heterocycles. The van der Waals surface area contributed by atoms with Crippen LogP contribution in [-0.4, -0.2) is 71.8 Å². The number of carbonyl (C=O) groups excluding carboxylic acids is 3. The lowest BCUT2D eigenvalue weighted by Gasteiger charge is -2.46. The van der Waals surface area contributed by atoms with Crippen molar-refractivity contribution in [1.29, 1.82) is 0 Å². The minimum Gasteiger partial charge on any atom is -0.510 e. The number of aromatic hydroxyl groups is 1. The van der Waals surface area contributed by atoms with E-state index in [-0.39, 0.29) is 39.9 Å². The van der Waals surface area contributed by atoms with Crippen molar-refractivity contribution in [1.82, 2.24) is 4.90 Å². The maximum absolute atomic E-state index is 13.8. The van der Waals surface area contributed by atoms with Gasteiger partial charge in [-0.25, -0.2) is 0 Å². The average molecular weight is 469 g/mol. The number of Topliss-reactive ketones (excluding diaryl/α,β-unsaturated/α-hetero) is 3. The van der Waals surface area contributed by atoms with Crippen LogP contribution in [0.5, 0.6) is 5.75 Å². The van der Waals surface area contributed by atoms with Gasteiger partial charge in [0.25, 0.3) is 0 Å². The van der Waals surface area contributed by atoms with Crippen LogP contribution in [0.3, 0.4) is 0 Å². The molecule has 1 aromatic rings. The summed E-state index contributed by atoms with van der Waals surface area (Å²) in [6.45, 7) is 3.10. The number of carbonyl (C=O) groups is 3. The molecule has 182 valence electrons. The normalized spacial score (nSPS) is 26.4. The molecule has 3 aliphatic carbocycles. The van der Waals surface area contributed by atoms with E-state index in [1.54, 1.807) is 19.0 Å². The lowest BCUT2D eigenvalue weighted by molar-refractivity contribution is -0.136. The zero-order chi connectivity index (χ0) is 25.2. The van der Waals surface area contributed by atoms with E-state index in [1.807, 2.05) is 32.0 Å². The summed E-state index contributed by atoms with van der Waals surface area (Å²) in [5.74, 6) is -4.52. The first-order chi connectivity index (χ1) is 15.9. The summed E-state index contributed by atoms with van der Waals surface area (Å²) in [6.07, 6.45) is 1.33. The van der Waals surface area contributed by atoms with E-state index >= 15 is 0 Å². The Balaban J connectivity index is 1.94. The van der Waals surface area contributed by atoms with Gasteiger partial charge in [-0.1, -0.05) is 6.92 Å². The number of aliphatic hydroxyl groups excluding tert-OH is 2. The van der Waals surface area contributed by atoms with Crippen LogP contribution in [0.15, 0.2) is 23.0 Å². The summed E-state index contributed by atoms with van der Waals surface area (Å²) >= 11 is 0. The Morgan fingerprint density at radius 3 is 2.26 bits per heavy atom. The first-order valence-corrected chi connectivity index (χ1v) is 11.6. The Hall–Kier alpha value is -3.13. The molecule has 8 heteroatoms. The molecule has 8 nitrogen and oxygen atoms in total. The summed E-state index contributed by atoms with van der Waals surface area (Å²) in [5, 5.41) is 33.2. The quantitative estimate of drug-likeness (QED) is 0.456. The van der Waals surface area contributed by atoms with Crippen molar-refractivity contribution in [3.05, 3.63) is 39.7 Å². The minimum absolute atomic E-state index is 0.0513. The topological polar surface area (TPSA) is 118 Å². The summed E-state index contributed by atoms with van der Waals surface area (Å²) < 4.78 is 0. The maximum atomic E-state index is 13.8. The van der Waals surface area contributed by atoms with E-state index in [1.165, 1.54) is 6.92 Å². The van der Waals surface area contributed by atoms with Crippen LogP contribution in [0.25, 0.3) is 5.76 Å². The third-order valence-corrected chi connectivity index (χ3v) is 7.59. The Kier molecular flexibility index (Phi) is 5.84. The fraction of sp³-hybridized carbons (Fsp3) is 0.500. The second-order valence-electron chi connectivity index (χ2n) is 10.00. The molecule has 34 heavy (non-hydrogen) atoms. The van der Waals surface area contributed by atoms with Crippen molar-refractivity contribution in [3.63, 3.8) is 0 Å². The van der Waals surface area contributed by atoms with Gasteiger partial charge in [0.15, 0.2) is 17.3 Å². The van der Waals surface area contributed by atoms with Gasteiger partial charge in [-0.05, 0) is 69.3 Å². The standard InChI is InChI=1S/C26H32N2O6/c1-7-12-10-16(27(3)4)14-8-13-9-15-20(25(33)18(13)24(32)19(14)22(12)30)23(31)17(11(2)29)26(34)21(15)28(5)6/h10,13,15,20-21,30,32,34H,7-9H2,1-6H3/t13-,15+,20?,21-/m0/s1.